The molecular formula is C9H20IN3. The molecule has 1 aliphatic rings. The lowest BCUT2D eigenvalue weighted by Crippen LogP contribution is -2.39. The molecule has 1 fully saturated rings. The number of hydrogen-bond donors (Lipinski definition) is 2. The van der Waals surface area contributed by atoms with Gasteiger partial charge in [0.2, 0.25) is 0 Å². The lowest BCUT2D eigenvalue weighted by Gasteiger charge is -2.13. The van der Waals surface area contributed by atoms with Crippen molar-refractivity contribution in [3.05, 3.63) is 0 Å². The topological polar surface area (TPSA) is 36.4 Å². The maximum Gasteiger partial charge on any atom is 0.190 e. The molecule has 2 N–H and O–H groups in total. The van der Waals surface area contributed by atoms with Crippen molar-refractivity contribution >= 4 is 29.9 Å². The maximum absolute atomic E-state index is 4.10. The Balaban J connectivity index is 0.00000144. The Labute approximate surface area is 97.8 Å². The van der Waals surface area contributed by atoms with Crippen LogP contribution in [0, 0.1) is 5.41 Å². The van der Waals surface area contributed by atoms with Crippen molar-refractivity contribution < 1.29 is 0 Å². The van der Waals surface area contributed by atoms with E-state index in [4.69, 9.17) is 0 Å². The van der Waals surface area contributed by atoms with E-state index in [2.05, 4.69) is 29.5 Å². The van der Waals surface area contributed by atoms with Gasteiger partial charge in [-0.3, -0.25) is 4.99 Å². The number of nitrogens with zero attached hydrogens (tertiary/aromatic N) is 1. The van der Waals surface area contributed by atoms with Crippen molar-refractivity contribution in [2.45, 2.75) is 26.7 Å². The predicted octanol–water partition coefficient (Wildman–Crippen LogP) is 1.59. The number of hydrogen-bond acceptors (Lipinski definition) is 1. The molecule has 0 spiro atoms. The van der Waals surface area contributed by atoms with Gasteiger partial charge in [-0.05, 0) is 25.2 Å². The second-order valence-electron chi connectivity index (χ2n) is 3.77. The minimum atomic E-state index is 0. The van der Waals surface area contributed by atoms with Gasteiger partial charge in [0.25, 0.3) is 0 Å². The molecule has 0 saturated heterocycles. The van der Waals surface area contributed by atoms with Crippen molar-refractivity contribution in [3.8, 4) is 0 Å². The van der Waals surface area contributed by atoms with E-state index < -0.39 is 0 Å². The molecule has 0 radical (unpaired) electrons. The Morgan fingerprint density at radius 3 is 2.38 bits per heavy atom. The third kappa shape index (κ3) is 4.69. The van der Waals surface area contributed by atoms with Crippen molar-refractivity contribution in [1.82, 2.24) is 10.6 Å². The second kappa shape index (κ2) is 5.67. The highest BCUT2D eigenvalue weighted by Gasteiger charge is 2.36. The smallest absolute Gasteiger partial charge is 0.190 e. The Morgan fingerprint density at radius 1 is 1.38 bits per heavy atom. The molecule has 0 bridgehead atoms. The third-order valence-electron chi connectivity index (χ3n) is 2.35. The van der Waals surface area contributed by atoms with Crippen LogP contribution in [0.3, 0.4) is 0 Å². The molecule has 4 heteroatoms. The highest BCUT2D eigenvalue weighted by atomic mass is 127. The number of aliphatic imine (C=N–C) groups is 1. The molecule has 0 heterocycles. The van der Waals surface area contributed by atoms with E-state index in [-0.39, 0.29) is 24.0 Å². The average Bonchev–Trinajstić information content (AvgIpc) is 2.78. The van der Waals surface area contributed by atoms with Crippen LogP contribution in [0.4, 0.5) is 0 Å². The first-order valence-corrected chi connectivity index (χ1v) is 4.65. The van der Waals surface area contributed by atoms with Gasteiger partial charge in [0.05, 0.1) is 0 Å². The first-order chi connectivity index (χ1) is 5.70. The molecule has 1 saturated carbocycles. The summed E-state index contributed by atoms with van der Waals surface area (Å²) >= 11 is 0. The molecule has 0 atom stereocenters. The summed E-state index contributed by atoms with van der Waals surface area (Å²) in [4.78, 5) is 4.10. The fourth-order valence-corrected chi connectivity index (χ4v) is 1.08. The van der Waals surface area contributed by atoms with Gasteiger partial charge >= 0.3 is 0 Å². The van der Waals surface area contributed by atoms with Crippen molar-refractivity contribution in [2.75, 3.05) is 20.1 Å². The summed E-state index contributed by atoms with van der Waals surface area (Å²) in [5, 5.41) is 6.48. The minimum absolute atomic E-state index is 0. The number of nitrogens with one attached hydrogen (secondary N) is 2. The number of guanidine groups is 1. The van der Waals surface area contributed by atoms with Gasteiger partial charge in [-0.15, -0.1) is 24.0 Å². The monoisotopic (exact) mass is 297 g/mol. The molecule has 1 aliphatic carbocycles. The molecule has 0 unspecified atom stereocenters. The van der Waals surface area contributed by atoms with Crippen LogP contribution in [-0.4, -0.2) is 26.1 Å². The van der Waals surface area contributed by atoms with Crippen molar-refractivity contribution in [2.24, 2.45) is 10.4 Å². The molecule has 13 heavy (non-hydrogen) atoms. The zero-order valence-corrected chi connectivity index (χ0v) is 11.0. The quantitative estimate of drug-likeness (QED) is 0.471. The van der Waals surface area contributed by atoms with Crippen LogP contribution in [-0.2, 0) is 0 Å². The van der Waals surface area contributed by atoms with Gasteiger partial charge < -0.3 is 10.6 Å². The third-order valence-corrected chi connectivity index (χ3v) is 2.35. The fraction of sp³-hybridized carbons (Fsp3) is 0.889. The standard InChI is InChI=1S/C9H19N3.HI/c1-4-11-8(10-3)12-7-9(2)5-6-9;/h4-7H2,1-3H3,(H2,10,11,12);1H. The molecule has 78 valence electrons. The zero-order chi connectivity index (χ0) is 9.03. The molecule has 0 aromatic heterocycles. The van der Waals surface area contributed by atoms with Crippen LogP contribution in [0.25, 0.3) is 0 Å². The maximum atomic E-state index is 4.10. The summed E-state index contributed by atoms with van der Waals surface area (Å²) in [6.45, 7) is 6.36. The zero-order valence-electron chi connectivity index (χ0n) is 8.68. The summed E-state index contributed by atoms with van der Waals surface area (Å²) in [6.07, 6.45) is 2.70. The highest BCUT2D eigenvalue weighted by molar-refractivity contribution is 14.0. The average molecular weight is 297 g/mol. The molecule has 1 rings (SSSR count). The van der Waals surface area contributed by atoms with E-state index in [9.17, 15) is 0 Å². The van der Waals surface area contributed by atoms with E-state index in [1.54, 1.807) is 7.05 Å². The lowest BCUT2D eigenvalue weighted by atomic mass is 10.1. The van der Waals surface area contributed by atoms with Gasteiger partial charge in [0, 0.05) is 20.1 Å². The van der Waals surface area contributed by atoms with Crippen LogP contribution >= 0.6 is 24.0 Å². The van der Waals surface area contributed by atoms with Gasteiger partial charge in [-0.1, -0.05) is 6.92 Å². The Bertz CT molecular complexity index is 176. The molecular weight excluding hydrogens is 277 g/mol. The Morgan fingerprint density at radius 2 is 2.00 bits per heavy atom. The van der Waals surface area contributed by atoms with Gasteiger partial charge in [0.15, 0.2) is 5.96 Å². The summed E-state index contributed by atoms with van der Waals surface area (Å²) in [7, 11) is 1.81. The second-order valence-corrected chi connectivity index (χ2v) is 3.77. The van der Waals surface area contributed by atoms with E-state index in [1.807, 2.05) is 0 Å². The van der Waals surface area contributed by atoms with Gasteiger partial charge in [0.1, 0.15) is 0 Å². The fourth-order valence-electron chi connectivity index (χ4n) is 1.08. The van der Waals surface area contributed by atoms with Crippen LogP contribution in [0.5, 0.6) is 0 Å². The Kier molecular flexibility index (Phi) is 5.67. The van der Waals surface area contributed by atoms with Crippen LogP contribution in [0.2, 0.25) is 0 Å². The molecule has 0 aromatic rings. The molecule has 0 aromatic carbocycles. The van der Waals surface area contributed by atoms with Gasteiger partial charge in [-0.2, -0.15) is 0 Å². The van der Waals surface area contributed by atoms with Crippen molar-refractivity contribution in [3.63, 3.8) is 0 Å². The van der Waals surface area contributed by atoms with Crippen LogP contribution in [0.15, 0.2) is 4.99 Å². The summed E-state index contributed by atoms with van der Waals surface area (Å²) < 4.78 is 0. The van der Waals surface area contributed by atoms with Gasteiger partial charge in [-0.25, -0.2) is 0 Å². The van der Waals surface area contributed by atoms with E-state index >= 15 is 0 Å². The summed E-state index contributed by atoms with van der Waals surface area (Å²) in [5.41, 5.74) is 0.547. The van der Waals surface area contributed by atoms with E-state index in [0.29, 0.717) is 5.41 Å². The largest absolute Gasteiger partial charge is 0.357 e. The summed E-state index contributed by atoms with van der Waals surface area (Å²) in [6, 6.07) is 0. The van der Waals surface area contributed by atoms with Crippen molar-refractivity contribution in [1.29, 1.82) is 0 Å². The molecule has 3 nitrogen and oxygen atoms in total. The predicted molar refractivity (Wildman–Crippen MR) is 67.8 cm³/mol. The van der Waals surface area contributed by atoms with Crippen LogP contribution in [0.1, 0.15) is 26.7 Å². The first-order valence-electron chi connectivity index (χ1n) is 4.65. The molecule has 0 amide bonds. The SMILES string of the molecule is CCNC(=NC)NCC1(C)CC1.I. The number of halogens is 1. The summed E-state index contributed by atoms with van der Waals surface area (Å²) in [5.74, 6) is 0.922. The molecule has 0 aliphatic heterocycles. The van der Waals surface area contributed by atoms with E-state index in [0.717, 1.165) is 19.0 Å². The minimum Gasteiger partial charge on any atom is -0.357 e. The Hall–Kier alpha value is 0. The normalized spacial score (nSPS) is 18.8. The number of rotatable bonds is 3. The lowest BCUT2D eigenvalue weighted by molar-refractivity contribution is 0.550. The van der Waals surface area contributed by atoms with E-state index in [1.165, 1.54) is 12.8 Å². The highest BCUT2D eigenvalue weighted by Crippen LogP contribution is 2.43. The van der Waals surface area contributed by atoms with Crippen LogP contribution < -0.4 is 10.6 Å². The first kappa shape index (κ1) is 13.0.